The van der Waals surface area contributed by atoms with Gasteiger partial charge in [0.05, 0.1) is 18.8 Å². The standard InChI is InChI=1S/C33H63NO3/c1-3-4-5-6-7-8-9-10-11-12-13-14-15-16-17-18-19-20-21-22-23-24-25-26-27-28-29-33(37)32(30-35)34-31(2)36/h24-25,28-29,32-33,35,37H,3-23,26-27,30H2,1-2H3,(H,34,36)/b25-24+,29-28+. The highest BCUT2D eigenvalue weighted by molar-refractivity contribution is 5.73. The molecule has 3 N–H and O–H groups in total. The number of allylic oxidation sites excluding steroid dienone is 3. The summed E-state index contributed by atoms with van der Waals surface area (Å²) in [7, 11) is 0. The van der Waals surface area contributed by atoms with Crippen LogP contribution in [0.4, 0.5) is 0 Å². The molecule has 0 heterocycles. The number of aliphatic hydroxyl groups excluding tert-OH is 2. The first-order valence-corrected chi connectivity index (χ1v) is 16.0. The molecule has 4 nitrogen and oxygen atoms in total. The molecule has 0 saturated heterocycles. The van der Waals surface area contributed by atoms with E-state index in [0.717, 1.165) is 19.3 Å². The molecule has 0 spiro atoms. The molecular formula is C33H63NO3. The average molecular weight is 522 g/mol. The minimum Gasteiger partial charge on any atom is -0.394 e. The molecule has 0 fully saturated rings. The summed E-state index contributed by atoms with van der Waals surface area (Å²) in [5, 5.41) is 21.7. The zero-order valence-electron chi connectivity index (χ0n) is 24.7. The van der Waals surface area contributed by atoms with Crippen molar-refractivity contribution in [3.05, 3.63) is 24.3 Å². The van der Waals surface area contributed by atoms with Crippen LogP contribution >= 0.6 is 0 Å². The molecule has 37 heavy (non-hydrogen) atoms. The van der Waals surface area contributed by atoms with Gasteiger partial charge < -0.3 is 15.5 Å². The van der Waals surface area contributed by atoms with Gasteiger partial charge in [-0.1, -0.05) is 153 Å². The lowest BCUT2D eigenvalue weighted by Gasteiger charge is -2.18. The van der Waals surface area contributed by atoms with Gasteiger partial charge in [0.2, 0.25) is 5.91 Å². The maximum atomic E-state index is 11.0. The third-order valence-electron chi connectivity index (χ3n) is 7.22. The summed E-state index contributed by atoms with van der Waals surface area (Å²) in [6.07, 6.45) is 38.5. The molecular weight excluding hydrogens is 458 g/mol. The van der Waals surface area contributed by atoms with Gasteiger partial charge in [0.25, 0.3) is 0 Å². The molecule has 0 aliphatic heterocycles. The predicted octanol–water partition coefficient (Wildman–Crippen LogP) is 8.95. The Bertz CT molecular complexity index is 532. The Morgan fingerprint density at radius 3 is 1.41 bits per heavy atom. The van der Waals surface area contributed by atoms with E-state index >= 15 is 0 Å². The average Bonchev–Trinajstić information content (AvgIpc) is 2.89. The van der Waals surface area contributed by atoms with Crippen LogP contribution in [0.1, 0.15) is 162 Å². The smallest absolute Gasteiger partial charge is 0.217 e. The van der Waals surface area contributed by atoms with Crippen LogP contribution in [0.5, 0.6) is 0 Å². The topological polar surface area (TPSA) is 69.6 Å². The van der Waals surface area contributed by atoms with E-state index in [2.05, 4.69) is 24.4 Å². The Labute approximate surface area is 230 Å². The lowest BCUT2D eigenvalue weighted by molar-refractivity contribution is -0.120. The third-order valence-corrected chi connectivity index (χ3v) is 7.22. The maximum absolute atomic E-state index is 11.0. The highest BCUT2D eigenvalue weighted by atomic mass is 16.3. The zero-order valence-corrected chi connectivity index (χ0v) is 24.7. The molecule has 0 aliphatic carbocycles. The quantitative estimate of drug-likeness (QED) is 0.0711. The molecule has 2 unspecified atom stereocenters. The number of hydrogen-bond donors (Lipinski definition) is 3. The van der Waals surface area contributed by atoms with Crippen LogP contribution in [0.2, 0.25) is 0 Å². The summed E-state index contributed by atoms with van der Waals surface area (Å²) >= 11 is 0. The molecule has 2 atom stereocenters. The van der Waals surface area contributed by atoms with Gasteiger partial charge in [-0.25, -0.2) is 0 Å². The van der Waals surface area contributed by atoms with Gasteiger partial charge in [0.15, 0.2) is 0 Å². The predicted molar refractivity (Wildman–Crippen MR) is 161 cm³/mol. The van der Waals surface area contributed by atoms with Crippen molar-refractivity contribution in [2.75, 3.05) is 6.61 Å². The van der Waals surface area contributed by atoms with E-state index in [0.29, 0.717) is 0 Å². The number of carbonyl (C=O) groups is 1. The van der Waals surface area contributed by atoms with E-state index in [-0.39, 0.29) is 12.5 Å². The largest absolute Gasteiger partial charge is 0.394 e. The van der Waals surface area contributed by atoms with Crippen molar-refractivity contribution in [1.82, 2.24) is 5.32 Å². The fourth-order valence-corrected chi connectivity index (χ4v) is 4.82. The number of nitrogens with one attached hydrogen (secondary N) is 1. The second-order valence-electron chi connectivity index (χ2n) is 11.0. The van der Waals surface area contributed by atoms with E-state index in [4.69, 9.17) is 0 Å². The summed E-state index contributed by atoms with van der Waals surface area (Å²) in [5.41, 5.74) is 0. The van der Waals surface area contributed by atoms with Crippen LogP contribution in [0, 0.1) is 0 Å². The van der Waals surface area contributed by atoms with Crippen molar-refractivity contribution in [2.45, 2.75) is 174 Å². The summed E-state index contributed by atoms with van der Waals surface area (Å²) in [4.78, 5) is 11.0. The van der Waals surface area contributed by atoms with E-state index in [1.807, 2.05) is 6.08 Å². The molecule has 0 aliphatic rings. The van der Waals surface area contributed by atoms with Gasteiger partial charge in [-0.3, -0.25) is 4.79 Å². The van der Waals surface area contributed by atoms with Gasteiger partial charge in [-0.15, -0.1) is 0 Å². The Hall–Kier alpha value is -1.13. The molecule has 4 heteroatoms. The molecule has 0 bridgehead atoms. The molecule has 0 aromatic carbocycles. The first-order chi connectivity index (χ1) is 18.1. The van der Waals surface area contributed by atoms with Gasteiger partial charge in [-0.2, -0.15) is 0 Å². The van der Waals surface area contributed by atoms with Crippen molar-refractivity contribution >= 4 is 5.91 Å². The Kier molecular flexibility index (Phi) is 28.5. The number of hydrogen-bond acceptors (Lipinski definition) is 3. The number of carbonyl (C=O) groups excluding carboxylic acids is 1. The molecule has 0 rings (SSSR count). The van der Waals surface area contributed by atoms with Crippen molar-refractivity contribution in [3.63, 3.8) is 0 Å². The highest BCUT2D eigenvalue weighted by Gasteiger charge is 2.15. The van der Waals surface area contributed by atoms with Crippen LogP contribution < -0.4 is 5.32 Å². The minimum atomic E-state index is -0.854. The maximum Gasteiger partial charge on any atom is 0.217 e. The molecule has 0 radical (unpaired) electrons. The Morgan fingerprint density at radius 1 is 0.622 bits per heavy atom. The number of unbranched alkanes of at least 4 members (excludes halogenated alkanes) is 21. The van der Waals surface area contributed by atoms with Crippen molar-refractivity contribution in [2.24, 2.45) is 0 Å². The first kappa shape index (κ1) is 35.9. The van der Waals surface area contributed by atoms with Crippen molar-refractivity contribution in [3.8, 4) is 0 Å². The first-order valence-electron chi connectivity index (χ1n) is 16.0. The van der Waals surface area contributed by atoms with E-state index < -0.39 is 12.1 Å². The second-order valence-corrected chi connectivity index (χ2v) is 11.0. The van der Waals surface area contributed by atoms with E-state index in [1.165, 1.54) is 135 Å². The fraction of sp³-hybridized carbons (Fsp3) is 0.848. The summed E-state index contributed by atoms with van der Waals surface area (Å²) in [5.74, 6) is -0.251. The van der Waals surface area contributed by atoms with Crippen molar-refractivity contribution in [1.29, 1.82) is 0 Å². The second kappa shape index (κ2) is 29.4. The van der Waals surface area contributed by atoms with Gasteiger partial charge in [-0.05, 0) is 25.7 Å². The molecule has 0 aromatic heterocycles. The molecule has 0 saturated carbocycles. The fourth-order valence-electron chi connectivity index (χ4n) is 4.82. The van der Waals surface area contributed by atoms with E-state index in [9.17, 15) is 15.0 Å². The monoisotopic (exact) mass is 521 g/mol. The normalized spacial score (nSPS) is 13.5. The SMILES string of the molecule is CCCCCCCCCCCCCCCCCCCCCC/C=C/CC/C=C/C(O)C(CO)NC(C)=O. The van der Waals surface area contributed by atoms with Crippen molar-refractivity contribution < 1.29 is 15.0 Å². The summed E-state index contributed by atoms with van der Waals surface area (Å²) in [6, 6.07) is -0.636. The van der Waals surface area contributed by atoms with Crippen LogP contribution in [0.25, 0.3) is 0 Å². The number of rotatable bonds is 28. The van der Waals surface area contributed by atoms with Crippen LogP contribution in [-0.2, 0) is 4.79 Å². The summed E-state index contributed by atoms with van der Waals surface area (Å²) in [6.45, 7) is 3.40. The molecule has 218 valence electrons. The number of aliphatic hydroxyl groups is 2. The lowest BCUT2D eigenvalue weighted by atomic mass is 10.0. The van der Waals surface area contributed by atoms with Gasteiger partial charge in [0, 0.05) is 6.92 Å². The Morgan fingerprint density at radius 2 is 1.00 bits per heavy atom. The minimum absolute atomic E-state index is 0.251. The van der Waals surface area contributed by atoms with Gasteiger partial charge in [0.1, 0.15) is 0 Å². The van der Waals surface area contributed by atoms with Crippen LogP contribution in [-0.4, -0.2) is 34.9 Å². The van der Waals surface area contributed by atoms with Crippen LogP contribution in [0.3, 0.4) is 0 Å². The lowest BCUT2D eigenvalue weighted by Crippen LogP contribution is -2.44. The third kappa shape index (κ3) is 27.7. The molecule has 0 aromatic rings. The highest BCUT2D eigenvalue weighted by Crippen LogP contribution is 2.15. The van der Waals surface area contributed by atoms with Gasteiger partial charge >= 0.3 is 0 Å². The Balaban J connectivity index is 3.30. The molecule has 1 amide bonds. The number of amides is 1. The summed E-state index contributed by atoms with van der Waals surface area (Å²) < 4.78 is 0. The van der Waals surface area contributed by atoms with E-state index in [1.54, 1.807) is 6.08 Å². The van der Waals surface area contributed by atoms with Crippen LogP contribution in [0.15, 0.2) is 24.3 Å². The zero-order chi connectivity index (χ0) is 27.2.